The summed E-state index contributed by atoms with van der Waals surface area (Å²) in [7, 11) is 0. The maximum absolute atomic E-state index is 2.52. The van der Waals surface area contributed by atoms with Crippen LogP contribution in [0.5, 0.6) is 0 Å². The fourth-order valence-electron chi connectivity index (χ4n) is 9.74. The average molecular weight is 678 g/mol. The zero-order chi connectivity index (χ0) is 35.1. The van der Waals surface area contributed by atoms with E-state index in [2.05, 4.69) is 158 Å². The lowest BCUT2D eigenvalue weighted by molar-refractivity contribution is 0.443. The quantitative estimate of drug-likeness (QED) is 0.163. The second-order valence-corrected chi connectivity index (χ2v) is 16.2. The van der Waals surface area contributed by atoms with E-state index >= 15 is 0 Å². The Hall–Kier alpha value is -4.88. The van der Waals surface area contributed by atoms with Gasteiger partial charge in [-0.3, -0.25) is 0 Å². The van der Waals surface area contributed by atoms with Crippen LogP contribution in [0.2, 0.25) is 0 Å². The van der Waals surface area contributed by atoms with Gasteiger partial charge < -0.3 is 4.90 Å². The lowest BCUT2D eigenvalue weighted by Crippen LogP contribution is -2.17. The summed E-state index contributed by atoms with van der Waals surface area (Å²) in [6, 6.07) is 53.3. The second-order valence-electron chi connectivity index (χ2n) is 16.2. The van der Waals surface area contributed by atoms with Gasteiger partial charge in [0, 0.05) is 22.5 Å². The lowest BCUT2D eigenvalue weighted by atomic mass is 9.81. The van der Waals surface area contributed by atoms with Crippen molar-refractivity contribution < 1.29 is 0 Å². The Kier molecular flexibility index (Phi) is 8.83. The molecule has 0 heterocycles. The summed E-state index contributed by atoms with van der Waals surface area (Å²) in [4.78, 5) is 2.52. The molecule has 0 bridgehead atoms. The van der Waals surface area contributed by atoms with Crippen LogP contribution in [-0.2, 0) is 5.41 Å². The fourth-order valence-corrected chi connectivity index (χ4v) is 9.74. The van der Waals surface area contributed by atoms with Gasteiger partial charge in [0.2, 0.25) is 0 Å². The summed E-state index contributed by atoms with van der Waals surface area (Å²) in [5.41, 5.74) is 17.1. The molecular weight excluding hydrogens is 627 g/mol. The molecule has 0 aromatic heterocycles. The summed E-state index contributed by atoms with van der Waals surface area (Å²) in [6.45, 7) is 4.82. The molecule has 6 aromatic carbocycles. The second kappa shape index (κ2) is 13.9. The maximum atomic E-state index is 2.52. The standard InChI is InChI=1S/C51H51N/c1-51(2)48-21-13-12-20-46(48)50-47(42-24-22-39(23-25-42)36-14-6-3-7-15-36)34-45(35-49(50)51)52(43-30-26-40(27-31-43)37-16-8-4-9-17-37)44-32-28-41(29-33-44)38-18-10-5-11-19-38/h3,6-7,12-15,20-35,37-38H,4-5,8-11,16-19H2,1-2H3. The summed E-state index contributed by atoms with van der Waals surface area (Å²) in [6.07, 6.45) is 13.5. The molecule has 0 aliphatic heterocycles. The minimum Gasteiger partial charge on any atom is -0.310 e. The number of benzene rings is 6. The van der Waals surface area contributed by atoms with Crippen molar-refractivity contribution in [3.05, 3.63) is 162 Å². The smallest absolute Gasteiger partial charge is 0.0471 e. The molecule has 52 heavy (non-hydrogen) atoms. The average Bonchev–Trinajstić information content (AvgIpc) is 3.45. The van der Waals surface area contributed by atoms with E-state index in [1.807, 2.05) is 0 Å². The molecule has 0 atom stereocenters. The minimum absolute atomic E-state index is 0.123. The van der Waals surface area contributed by atoms with Crippen LogP contribution in [0, 0.1) is 0 Å². The number of nitrogens with zero attached hydrogens (tertiary/aromatic N) is 1. The van der Waals surface area contributed by atoms with Crippen molar-refractivity contribution in [2.24, 2.45) is 0 Å². The van der Waals surface area contributed by atoms with Gasteiger partial charge in [0.05, 0.1) is 0 Å². The topological polar surface area (TPSA) is 3.24 Å². The van der Waals surface area contributed by atoms with E-state index in [-0.39, 0.29) is 5.41 Å². The van der Waals surface area contributed by atoms with Crippen molar-refractivity contribution in [1.82, 2.24) is 0 Å². The highest BCUT2D eigenvalue weighted by Crippen LogP contribution is 2.54. The normalized spacial score (nSPS) is 17.0. The predicted molar refractivity (Wildman–Crippen MR) is 221 cm³/mol. The minimum atomic E-state index is -0.123. The van der Waals surface area contributed by atoms with E-state index in [1.54, 1.807) is 0 Å². The first kappa shape index (κ1) is 33.0. The summed E-state index contributed by atoms with van der Waals surface area (Å²) in [5.74, 6) is 1.38. The molecule has 2 fully saturated rings. The van der Waals surface area contributed by atoms with Gasteiger partial charge in [-0.15, -0.1) is 0 Å². The Bertz CT molecular complexity index is 2080. The monoisotopic (exact) mass is 677 g/mol. The molecular formula is C51H51N. The molecule has 6 aromatic rings. The van der Waals surface area contributed by atoms with Crippen LogP contribution in [0.3, 0.4) is 0 Å². The van der Waals surface area contributed by atoms with Crippen LogP contribution >= 0.6 is 0 Å². The predicted octanol–water partition coefficient (Wildman–Crippen LogP) is 14.9. The van der Waals surface area contributed by atoms with Crippen molar-refractivity contribution in [3.8, 4) is 33.4 Å². The highest BCUT2D eigenvalue weighted by molar-refractivity contribution is 5.96. The molecule has 0 unspecified atom stereocenters. The van der Waals surface area contributed by atoms with Crippen LogP contribution in [0.4, 0.5) is 17.1 Å². The molecule has 0 N–H and O–H groups in total. The number of rotatable bonds is 7. The van der Waals surface area contributed by atoms with Gasteiger partial charge in [-0.05, 0) is 130 Å². The summed E-state index contributed by atoms with van der Waals surface area (Å²) >= 11 is 0. The largest absolute Gasteiger partial charge is 0.310 e. The third-order valence-corrected chi connectivity index (χ3v) is 12.7. The van der Waals surface area contributed by atoms with Gasteiger partial charge in [0.15, 0.2) is 0 Å². The summed E-state index contributed by atoms with van der Waals surface area (Å²) < 4.78 is 0. The third kappa shape index (κ3) is 6.09. The molecule has 0 radical (unpaired) electrons. The van der Waals surface area contributed by atoms with Crippen LogP contribution in [0.15, 0.2) is 140 Å². The van der Waals surface area contributed by atoms with Crippen molar-refractivity contribution in [3.63, 3.8) is 0 Å². The number of hydrogen-bond acceptors (Lipinski definition) is 1. The Labute approximate surface area is 311 Å². The van der Waals surface area contributed by atoms with Gasteiger partial charge in [-0.25, -0.2) is 0 Å². The van der Waals surface area contributed by atoms with E-state index < -0.39 is 0 Å². The van der Waals surface area contributed by atoms with E-state index in [0.717, 1.165) is 0 Å². The third-order valence-electron chi connectivity index (χ3n) is 12.7. The zero-order valence-corrected chi connectivity index (χ0v) is 31.0. The van der Waals surface area contributed by atoms with Crippen molar-refractivity contribution in [1.29, 1.82) is 0 Å². The van der Waals surface area contributed by atoms with Gasteiger partial charge in [0.25, 0.3) is 0 Å². The zero-order valence-electron chi connectivity index (χ0n) is 31.0. The fraction of sp³-hybridized carbons (Fsp3) is 0.294. The Morgan fingerprint density at radius 3 is 1.50 bits per heavy atom. The molecule has 0 amide bonds. The van der Waals surface area contributed by atoms with Gasteiger partial charge in [-0.1, -0.05) is 156 Å². The molecule has 1 heteroatoms. The summed E-state index contributed by atoms with van der Waals surface area (Å²) in [5, 5.41) is 0. The lowest BCUT2D eigenvalue weighted by Gasteiger charge is -2.30. The molecule has 0 spiro atoms. The first-order chi connectivity index (χ1) is 25.5. The van der Waals surface area contributed by atoms with Crippen LogP contribution in [0.1, 0.15) is 112 Å². The Balaban J connectivity index is 1.20. The van der Waals surface area contributed by atoms with Crippen LogP contribution in [0.25, 0.3) is 33.4 Å². The molecule has 3 aliphatic rings. The highest BCUT2D eigenvalue weighted by atomic mass is 15.1. The molecule has 260 valence electrons. The van der Waals surface area contributed by atoms with Crippen molar-refractivity contribution in [2.45, 2.75) is 95.3 Å². The van der Waals surface area contributed by atoms with Crippen molar-refractivity contribution >= 4 is 17.1 Å². The van der Waals surface area contributed by atoms with Gasteiger partial charge in [-0.2, -0.15) is 0 Å². The van der Waals surface area contributed by atoms with Crippen molar-refractivity contribution in [2.75, 3.05) is 4.90 Å². The Morgan fingerprint density at radius 1 is 0.423 bits per heavy atom. The molecule has 2 saturated carbocycles. The van der Waals surface area contributed by atoms with E-state index in [4.69, 9.17) is 0 Å². The number of fused-ring (bicyclic) bond motifs is 3. The molecule has 3 aliphatic carbocycles. The number of anilines is 3. The SMILES string of the molecule is CC1(C)c2ccccc2-c2c(-c3ccc(-c4ccccc4)cc3)cc(N(c3ccc(C4CCCCC4)cc3)c3ccc(C4CCCCC4)cc3)cc21. The van der Waals surface area contributed by atoms with E-state index in [0.29, 0.717) is 11.8 Å². The first-order valence-electron chi connectivity index (χ1n) is 20.0. The van der Waals surface area contributed by atoms with Crippen LogP contribution < -0.4 is 4.90 Å². The highest BCUT2D eigenvalue weighted by Gasteiger charge is 2.38. The number of hydrogen-bond donors (Lipinski definition) is 0. The van der Waals surface area contributed by atoms with Gasteiger partial charge >= 0.3 is 0 Å². The van der Waals surface area contributed by atoms with Crippen LogP contribution in [-0.4, -0.2) is 0 Å². The molecule has 0 saturated heterocycles. The van der Waals surface area contributed by atoms with E-state index in [1.165, 1.54) is 137 Å². The van der Waals surface area contributed by atoms with Gasteiger partial charge in [0.1, 0.15) is 0 Å². The van der Waals surface area contributed by atoms with E-state index in [9.17, 15) is 0 Å². The molecule has 1 nitrogen and oxygen atoms in total. The molecule has 9 rings (SSSR count). The maximum Gasteiger partial charge on any atom is 0.0471 e. The first-order valence-corrected chi connectivity index (χ1v) is 20.0. The Morgan fingerprint density at radius 2 is 0.923 bits per heavy atom.